The molecule has 0 radical (unpaired) electrons. The molecule has 0 saturated heterocycles. The van der Waals surface area contributed by atoms with Gasteiger partial charge < -0.3 is 14.8 Å². The third kappa shape index (κ3) is 5.03. The van der Waals surface area contributed by atoms with Crippen LogP contribution in [0, 0.1) is 0 Å². The van der Waals surface area contributed by atoms with Gasteiger partial charge in [-0.2, -0.15) is 0 Å². The number of fused-ring (bicyclic) bond motifs is 2. The van der Waals surface area contributed by atoms with E-state index in [1.54, 1.807) is 0 Å². The first kappa shape index (κ1) is 23.2. The van der Waals surface area contributed by atoms with Crippen molar-refractivity contribution in [3.05, 3.63) is 64.7 Å². The van der Waals surface area contributed by atoms with Crippen LogP contribution in [0.25, 0.3) is 17.2 Å². The Labute approximate surface area is 196 Å². The van der Waals surface area contributed by atoms with Gasteiger partial charge in [-0.3, -0.25) is 4.79 Å². The molecule has 33 heavy (non-hydrogen) atoms. The molecule has 2 aliphatic rings. The summed E-state index contributed by atoms with van der Waals surface area (Å²) in [7, 11) is 0. The fraction of sp³-hybridized carbons (Fsp3) is 0.429. The predicted molar refractivity (Wildman–Crippen MR) is 130 cm³/mol. The van der Waals surface area contributed by atoms with E-state index in [1.165, 1.54) is 11.6 Å². The van der Waals surface area contributed by atoms with Gasteiger partial charge in [-0.25, -0.2) is 4.79 Å². The Morgan fingerprint density at radius 3 is 2.36 bits per heavy atom. The number of rotatable bonds is 3. The van der Waals surface area contributed by atoms with E-state index in [4.69, 9.17) is 9.47 Å². The third-order valence-electron chi connectivity index (χ3n) is 5.76. The summed E-state index contributed by atoms with van der Waals surface area (Å²) in [6.45, 7) is 12.0. The third-order valence-corrected chi connectivity index (χ3v) is 5.76. The predicted octanol–water partition coefficient (Wildman–Crippen LogP) is 5.33. The lowest BCUT2D eigenvalue weighted by Gasteiger charge is -2.40. The lowest BCUT2D eigenvalue weighted by atomic mass is 9.71. The van der Waals surface area contributed by atoms with E-state index in [2.05, 4.69) is 23.5 Å². The van der Waals surface area contributed by atoms with Gasteiger partial charge in [-0.05, 0) is 100 Å². The maximum absolute atomic E-state index is 13.3. The molecular weight excluding hydrogens is 414 g/mol. The van der Waals surface area contributed by atoms with Crippen LogP contribution in [0.5, 0.6) is 0 Å². The van der Waals surface area contributed by atoms with Gasteiger partial charge in [-0.15, -0.1) is 0 Å². The molecule has 174 valence electrons. The topological polar surface area (TPSA) is 64.6 Å². The quantitative estimate of drug-likeness (QED) is 0.509. The minimum Gasteiger partial charge on any atom is -0.459 e. The zero-order valence-electron chi connectivity index (χ0n) is 20.3. The molecule has 1 aliphatic heterocycles. The van der Waals surface area contributed by atoms with Crippen LogP contribution in [0.3, 0.4) is 0 Å². The number of nitrogens with one attached hydrogen (secondary N) is 1. The molecule has 0 spiro atoms. The van der Waals surface area contributed by atoms with Gasteiger partial charge in [0.15, 0.2) is 0 Å². The summed E-state index contributed by atoms with van der Waals surface area (Å²) in [6.07, 6.45) is 4.15. The molecule has 0 aromatic heterocycles. The fourth-order valence-electron chi connectivity index (χ4n) is 4.70. The van der Waals surface area contributed by atoms with Gasteiger partial charge in [0, 0.05) is 6.08 Å². The van der Waals surface area contributed by atoms with Crippen LogP contribution in [0.2, 0.25) is 0 Å². The molecule has 0 saturated carbocycles. The second-order valence-corrected chi connectivity index (χ2v) is 10.8. The molecule has 2 atom stereocenters. The van der Waals surface area contributed by atoms with Crippen molar-refractivity contribution < 1.29 is 19.1 Å². The van der Waals surface area contributed by atoms with Crippen molar-refractivity contribution in [2.45, 2.75) is 71.1 Å². The van der Waals surface area contributed by atoms with Gasteiger partial charge in [0.1, 0.15) is 17.1 Å². The minimum absolute atomic E-state index is 0.141. The van der Waals surface area contributed by atoms with Gasteiger partial charge in [0.2, 0.25) is 0 Å². The average molecular weight is 448 g/mol. The highest BCUT2D eigenvalue weighted by atomic mass is 16.6. The summed E-state index contributed by atoms with van der Waals surface area (Å²) >= 11 is 0. The van der Waals surface area contributed by atoms with Gasteiger partial charge in [-0.1, -0.05) is 30.3 Å². The van der Waals surface area contributed by atoms with E-state index in [-0.39, 0.29) is 18.0 Å². The Morgan fingerprint density at radius 2 is 1.67 bits per heavy atom. The van der Waals surface area contributed by atoms with E-state index >= 15 is 0 Å². The van der Waals surface area contributed by atoms with Crippen LogP contribution in [0.1, 0.15) is 75.8 Å². The summed E-state index contributed by atoms with van der Waals surface area (Å²) in [5, 5.41) is 3.58. The molecule has 5 nitrogen and oxygen atoms in total. The highest BCUT2D eigenvalue weighted by Gasteiger charge is 2.42. The summed E-state index contributed by atoms with van der Waals surface area (Å²) < 4.78 is 11.2. The summed E-state index contributed by atoms with van der Waals surface area (Å²) in [6, 6.07) is 12.1. The molecular formula is C28H33NO4. The van der Waals surface area contributed by atoms with Crippen molar-refractivity contribution in [1.29, 1.82) is 0 Å². The molecule has 5 heteroatoms. The van der Waals surface area contributed by atoms with Crippen molar-refractivity contribution in [2.75, 3.05) is 6.54 Å². The molecule has 0 bridgehead atoms. The monoisotopic (exact) mass is 447 g/mol. The largest absolute Gasteiger partial charge is 0.459 e. The summed E-state index contributed by atoms with van der Waals surface area (Å²) in [5.74, 6) is -0.978. The maximum Gasteiger partial charge on any atom is 0.331 e. The molecule has 2 unspecified atom stereocenters. The van der Waals surface area contributed by atoms with Crippen LogP contribution in [0.4, 0.5) is 0 Å². The first-order valence-electron chi connectivity index (χ1n) is 11.6. The van der Waals surface area contributed by atoms with E-state index in [0.717, 1.165) is 40.8 Å². The molecule has 0 amide bonds. The lowest BCUT2D eigenvalue weighted by Crippen LogP contribution is -2.41. The second kappa shape index (κ2) is 8.45. The van der Waals surface area contributed by atoms with Crippen molar-refractivity contribution in [3.8, 4) is 11.1 Å². The number of benzene rings is 2. The average Bonchev–Trinajstić information content (AvgIpc) is 2.70. The Hall–Kier alpha value is -2.92. The van der Waals surface area contributed by atoms with Gasteiger partial charge in [0.05, 0.1) is 6.04 Å². The first-order chi connectivity index (χ1) is 15.4. The van der Waals surface area contributed by atoms with Crippen LogP contribution < -0.4 is 5.32 Å². The van der Waals surface area contributed by atoms with E-state index in [0.29, 0.717) is 0 Å². The zero-order valence-corrected chi connectivity index (χ0v) is 20.3. The van der Waals surface area contributed by atoms with E-state index < -0.39 is 17.1 Å². The van der Waals surface area contributed by atoms with Crippen molar-refractivity contribution in [3.63, 3.8) is 0 Å². The smallest absolute Gasteiger partial charge is 0.331 e. The molecule has 2 aromatic carbocycles. The van der Waals surface area contributed by atoms with Crippen LogP contribution in [-0.2, 0) is 25.5 Å². The molecule has 1 N–H and O–H groups in total. The lowest BCUT2D eigenvalue weighted by molar-refractivity contribution is -0.157. The van der Waals surface area contributed by atoms with E-state index in [9.17, 15) is 9.59 Å². The number of esters is 2. The maximum atomic E-state index is 13.3. The number of hydrogen-bond donors (Lipinski definition) is 1. The molecule has 0 fully saturated rings. The van der Waals surface area contributed by atoms with Crippen LogP contribution in [0.15, 0.2) is 42.5 Å². The highest BCUT2D eigenvalue weighted by molar-refractivity contribution is 5.91. The second-order valence-electron chi connectivity index (χ2n) is 10.8. The normalized spacial score (nSPS) is 19.6. The van der Waals surface area contributed by atoms with Crippen LogP contribution >= 0.6 is 0 Å². The first-order valence-corrected chi connectivity index (χ1v) is 11.6. The van der Waals surface area contributed by atoms with Gasteiger partial charge in [0.25, 0.3) is 0 Å². The van der Waals surface area contributed by atoms with E-state index in [1.807, 2.05) is 65.8 Å². The standard InChI is InChI=1S/C28H33NO4/c1-27(2,3)32-22(30)12-11-17-15-18-13-14-29-25-23(18)21(16-17)19-9-7-8-10-20(19)24(25)26(31)33-28(4,5)6/h7-12,15-16,24-25,29H,13-14H2,1-6H3/b12-11+. The Kier molecular flexibility index (Phi) is 5.95. The Balaban J connectivity index is 1.77. The summed E-state index contributed by atoms with van der Waals surface area (Å²) in [4.78, 5) is 25.5. The van der Waals surface area contributed by atoms with Crippen molar-refractivity contribution >= 4 is 18.0 Å². The zero-order chi connectivity index (χ0) is 24.0. The Bertz CT molecular complexity index is 1120. The number of carbonyl (C=O) groups is 2. The minimum atomic E-state index is -0.555. The summed E-state index contributed by atoms with van der Waals surface area (Å²) in [5.41, 5.74) is 5.32. The SMILES string of the molecule is CC(C)(C)OC(=O)/C=C/c1cc2c3c(c1)-c1ccccc1C(C(=O)OC(C)(C)C)C3NCC2. The van der Waals surface area contributed by atoms with Crippen molar-refractivity contribution in [2.24, 2.45) is 0 Å². The van der Waals surface area contributed by atoms with Crippen LogP contribution in [-0.4, -0.2) is 29.7 Å². The molecule has 4 rings (SSSR count). The Morgan fingerprint density at radius 1 is 0.970 bits per heavy atom. The van der Waals surface area contributed by atoms with Crippen molar-refractivity contribution in [1.82, 2.24) is 5.32 Å². The molecule has 1 aliphatic carbocycles. The number of hydrogen-bond acceptors (Lipinski definition) is 5. The molecule has 1 heterocycles. The highest BCUT2D eigenvalue weighted by Crippen LogP contribution is 2.49. The number of carbonyl (C=O) groups excluding carboxylic acids is 2. The molecule has 2 aromatic rings. The van der Waals surface area contributed by atoms with Gasteiger partial charge >= 0.3 is 11.9 Å². The fourth-order valence-corrected chi connectivity index (χ4v) is 4.70. The number of ether oxygens (including phenoxy) is 2.